The molecule has 0 amide bonds. The van der Waals surface area contributed by atoms with E-state index < -0.39 is 5.97 Å². The molecular formula is C18H14N2O3. The first-order chi connectivity index (χ1) is 11.2. The van der Waals surface area contributed by atoms with Crippen molar-refractivity contribution in [3.05, 3.63) is 65.4 Å². The SMILES string of the molecule is COc1ccc2c(c1)-c1nn(-c3cccc(C(=O)O)c3)cc1C2. The van der Waals surface area contributed by atoms with Gasteiger partial charge in [0.1, 0.15) is 5.75 Å². The van der Waals surface area contributed by atoms with E-state index in [1.54, 1.807) is 30.0 Å². The highest BCUT2D eigenvalue weighted by atomic mass is 16.5. The normalized spacial score (nSPS) is 11.9. The molecule has 1 aliphatic rings. The first-order valence-corrected chi connectivity index (χ1v) is 7.25. The van der Waals surface area contributed by atoms with Crippen molar-refractivity contribution in [2.24, 2.45) is 0 Å². The van der Waals surface area contributed by atoms with Gasteiger partial charge in [-0.1, -0.05) is 12.1 Å². The zero-order valence-corrected chi connectivity index (χ0v) is 12.5. The fourth-order valence-corrected chi connectivity index (χ4v) is 2.94. The van der Waals surface area contributed by atoms with Gasteiger partial charge in [0.05, 0.1) is 24.1 Å². The fraction of sp³-hybridized carbons (Fsp3) is 0.111. The Morgan fingerprint density at radius 1 is 1.22 bits per heavy atom. The van der Waals surface area contributed by atoms with E-state index in [1.165, 1.54) is 5.56 Å². The summed E-state index contributed by atoms with van der Waals surface area (Å²) >= 11 is 0. The maximum absolute atomic E-state index is 11.1. The van der Waals surface area contributed by atoms with Gasteiger partial charge in [-0.2, -0.15) is 5.10 Å². The van der Waals surface area contributed by atoms with Gasteiger partial charge in [-0.05, 0) is 35.9 Å². The Balaban J connectivity index is 1.78. The van der Waals surface area contributed by atoms with Crippen molar-refractivity contribution < 1.29 is 14.6 Å². The summed E-state index contributed by atoms with van der Waals surface area (Å²) in [4.78, 5) is 11.1. The van der Waals surface area contributed by atoms with E-state index >= 15 is 0 Å². The Morgan fingerprint density at radius 3 is 2.87 bits per heavy atom. The Kier molecular flexibility index (Phi) is 2.94. The molecule has 5 heteroatoms. The Labute approximate surface area is 132 Å². The van der Waals surface area contributed by atoms with Crippen molar-refractivity contribution in [3.8, 4) is 22.7 Å². The molecule has 0 radical (unpaired) electrons. The molecule has 0 spiro atoms. The zero-order chi connectivity index (χ0) is 16.0. The number of rotatable bonds is 3. The van der Waals surface area contributed by atoms with E-state index in [-0.39, 0.29) is 5.56 Å². The molecule has 2 aromatic carbocycles. The molecule has 3 aromatic rings. The summed E-state index contributed by atoms with van der Waals surface area (Å²) < 4.78 is 7.02. The van der Waals surface area contributed by atoms with Crippen LogP contribution in [0.2, 0.25) is 0 Å². The van der Waals surface area contributed by atoms with Crippen LogP contribution in [0.15, 0.2) is 48.7 Å². The summed E-state index contributed by atoms with van der Waals surface area (Å²) in [5.41, 5.74) is 5.36. The van der Waals surface area contributed by atoms with Crippen LogP contribution < -0.4 is 4.74 Å². The summed E-state index contributed by atoms with van der Waals surface area (Å²) in [5, 5.41) is 13.8. The molecule has 0 atom stereocenters. The predicted octanol–water partition coefficient (Wildman–Crippen LogP) is 3.15. The molecule has 0 fully saturated rings. The number of hydrogen-bond donors (Lipinski definition) is 1. The van der Waals surface area contributed by atoms with Gasteiger partial charge in [0, 0.05) is 23.7 Å². The minimum atomic E-state index is -0.943. The minimum absolute atomic E-state index is 0.250. The van der Waals surface area contributed by atoms with Crippen LogP contribution in [0.4, 0.5) is 0 Å². The van der Waals surface area contributed by atoms with E-state index in [2.05, 4.69) is 11.2 Å². The average molecular weight is 306 g/mol. The zero-order valence-electron chi connectivity index (χ0n) is 12.5. The number of benzene rings is 2. The molecule has 114 valence electrons. The van der Waals surface area contributed by atoms with Gasteiger partial charge in [0.2, 0.25) is 0 Å². The molecular weight excluding hydrogens is 292 g/mol. The number of carboxylic acid groups (broad SMARTS) is 1. The smallest absolute Gasteiger partial charge is 0.335 e. The quantitative estimate of drug-likeness (QED) is 0.631. The third-order valence-electron chi connectivity index (χ3n) is 4.10. The largest absolute Gasteiger partial charge is 0.497 e. The van der Waals surface area contributed by atoms with Crippen molar-refractivity contribution in [3.63, 3.8) is 0 Å². The lowest BCUT2D eigenvalue weighted by atomic mass is 10.1. The molecule has 0 saturated carbocycles. The fourth-order valence-electron chi connectivity index (χ4n) is 2.94. The van der Waals surface area contributed by atoms with Crippen LogP contribution in [0.1, 0.15) is 21.5 Å². The lowest BCUT2D eigenvalue weighted by Crippen LogP contribution is -2.00. The van der Waals surface area contributed by atoms with Gasteiger partial charge < -0.3 is 9.84 Å². The second kappa shape index (κ2) is 4.98. The topological polar surface area (TPSA) is 64.4 Å². The summed E-state index contributed by atoms with van der Waals surface area (Å²) in [6.07, 6.45) is 2.79. The number of carbonyl (C=O) groups is 1. The van der Waals surface area contributed by atoms with E-state index in [0.29, 0.717) is 0 Å². The van der Waals surface area contributed by atoms with Crippen LogP contribution >= 0.6 is 0 Å². The van der Waals surface area contributed by atoms with Crippen LogP contribution in [-0.2, 0) is 6.42 Å². The van der Waals surface area contributed by atoms with Gasteiger partial charge in [0.15, 0.2) is 0 Å². The van der Waals surface area contributed by atoms with E-state index in [4.69, 9.17) is 9.84 Å². The molecule has 0 unspecified atom stereocenters. The molecule has 0 saturated heterocycles. The molecule has 0 aliphatic heterocycles. The van der Waals surface area contributed by atoms with Crippen LogP contribution in [-0.4, -0.2) is 28.0 Å². The van der Waals surface area contributed by atoms with Crippen LogP contribution in [0.3, 0.4) is 0 Å². The predicted molar refractivity (Wildman–Crippen MR) is 85.3 cm³/mol. The molecule has 0 bridgehead atoms. The third kappa shape index (κ3) is 2.17. The Morgan fingerprint density at radius 2 is 2.09 bits per heavy atom. The van der Waals surface area contributed by atoms with Crippen molar-refractivity contribution in [1.29, 1.82) is 0 Å². The molecule has 1 aromatic heterocycles. The highest BCUT2D eigenvalue weighted by molar-refractivity contribution is 5.88. The number of ether oxygens (including phenoxy) is 1. The molecule has 5 nitrogen and oxygen atoms in total. The van der Waals surface area contributed by atoms with Gasteiger partial charge >= 0.3 is 5.97 Å². The number of fused-ring (bicyclic) bond motifs is 3. The van der Waals surface area contributed by atoms with Crippen LogP contribution in [0.25, 0.3) is 16.9 Å². The standard InChI is InChI=1S/C18H14N2O3/c1-23-15-6-5-11-7-13-10-20(19-17(13)16(11)9-15)14-4-2-3-12(8-14)18(21)22/h2-6,8-10H,7H2,1H3,(H,21,22). The average Bonchev–Trinajstić information content (AvgIpc) is 3.12. The highest BCUT2D eigenvalue weighted by Gasteiger charge is 2.23. The van der Waals surface area contributed by atoms with Gasteiger partial charge in [0.25, 0.3) is 0 Å². The van der Waals surface area contributed by atoms with Gasteiger partial charge in [-0.3, -0.25) is 0 Å². The monoisotopic (exact) mass is 306 g/mol. The second-order valence-corrected chi connectivity index (χ2v) is 5.50. The van der Waals surface area contributed by atoms with Gasteiger partial charge in [-0.15, -0.1) is 0 Å². The van der Waals surface area contributed by atoms with Crippen molar-refractivity contribution in [1.82, 2.24) is 9.78 Å². The number of nitrogens with zero attached hydrogens (tertiary/aromatic N) is 2. The Bertz CT molecular complexity index is 928. The second-order valence-electron chi connectivity index (χ2n) is 5.50. The number of hydrogen-bond acceptors (Lipinski definition) is 3. The van der Waals surface area contributed by atoms with Gasteiger partial charge in [-0.25, -0.2) is 9.48 Å². The molecule has 1 aliphatic carbocycles. The van der Waals surface area contributed by atoms with Crippen molar-refractivity contribution >= 4 is 5.97 Å². The first kappa shape index (κ1) is 13.6. The van der Waals surface area contributed by atoms with E-state index in [0.717, 1.165) is 34.7 Å². The molecule has 1 heterocycles. The summed E-state index contributed by atoms with van der Waals surface area (Å²) in [5.74, 6) is -0.138. The maximum Gasteiger partial charge on any atom is 0.335 e. The highest BCUT2D eigenvalue weighted by Crippen LogP contribution is 2.38. The lowest BCUT2D eigenvalue weighted by Gasteiger charge is -2.05. The van der Waals surface area contributed by atoms with E-state index in [1.807, 2.05) is 24.4 Å². The van der Waals surface area contributed by atoms with Crippen LogP contribution in [0.5, 0.6) is 5.75 Å². The van der Waals surface area contributed by atoms with Crippen molar-refractivity contribution in [2.75, 3.05) is 7.11 Å². The number of methoxy groups -OCH3 is 1. The number of carboxylic acids is 1. The summed E-state index contributed by atoms with van der Waals surface area (Å²) in [6, 6.07) is 12.8. The maximum atomic E-state index is 11.1. The van der Waals surface area contributed by atoms with E-state index in [9.17, 15) is 4.79 Å². The third-order valence-corrected chi connectivity index (χ3v) is 4.10. The Hall–Kier alpha value is -3.08. The van der Waals surface area contributed by atoms with Crippen LogP contribution in [0, 0.1) is 0 Å². The molecule has 23 heavy (non-hydrogen) atoms. The first-order valence-electron chi connectivity index (χ1n) is 7.25. The molecule has 4 rings (SSSR count). The summed E-state index contributed by atoms with van der Waals surface area (Å²) in [7, 11) is 1.65. The molecule has 1 N–H and O–H groups in total. The lowest BCUT2D eigenvalue weighted by molar-refractivity contribution is 0.0697. The summed E-state index contributed by atoms with van der Waals surface area (Å²) in [6.45, 7) is 0. The minimum Gasteiger partial charge on any atom is -0.497 e. The number of aromatic nitrogens is 2. The van der Waals surface area contributed by atoms with Crippen molar-refractivity contribution in [2.45, 2.75) is 6.42 Å². The number of aromatic carboxylic acids is 1.